The summed E-state index contributed by atoms with van der Waals surface area (Å²) in [6, 6.07) is 13.0. The molecule has 0 saturated carbocycles. The van der Waals surface area contributed by atoms with Gasteiger partial charge in [-0.1, -0.05) is 50.2 Å². The van der Waals surface area contributed by atoms with E-state index >= 15 is 0 Å². The van der Waals surface area contributed by atoms with E-state index in [2.05, 4.69) is 44.1 Å². The Balaban J connectivity index is 1.37. The van der Waals surface area contributed by atoms with E-state index in [0.29, 0.717) is 6.54 Å². The quantitative estimate of drug-likeness (QED) is 0.485. The molecule has 0 aliphatic carbocycles. The van der Waals surface area contributed by atoms with Crippen LogP contribution < -0.4 is 10.0 Å². The predicted molar refractivity (Wildman–Crippen MR) is 129 cm³/mol. The van der Waals surface area contributed by atoms with E-state index in [1.165, 1.54) is 5.56 Å². The molecule has 176 valence electrons. The molecular weight excluding hydrogens is 444 g/mol. The number of carbonyl (C=O) groups is 1. The molecule has 32 heavy (non-hydrogen) atoms. The number of hydrogen-bond acceptors (Lipinski definition) is 6. The smallest absolute Gasteiger partial charge is 0.250 e. The van der Waals surface area contributed by atoms with Gasteiger partial charge in [0.15, 0.2) is 0 Å². The molecule has 3 rings (SSSR count). The van der Waals surface area contributed by atoms with Crippen LogP contribution in [-0.2, 0) is 21.4 Å². The second-order valence-electron chi connectivity index (χ2n) is 8.52. The van der Waals surface area contributed by atoms with Crippen LogP contribution in [0.1, 0.15) is 25.8 Å². The lowest BCUT2D eigenvalue weighted by atomic mass is 10.1. The highest BCUT2D eigenvalue weighted by Gasteiger charge is 2.28. The largest absolute Gasteiger partial charge is 0.355 e. The number of piperazine rings is 1. The Morgan fingerprint density at radius 1 is 1.03 bits per heavy atom. The van der Waals surface area contributed by atoms with Gasteiger partial charge in [-0.15, -0.1) is 11.3 Å². The highest BCUT2D eigenvalue weighted by atomic mass is 32.2. The number of carbonyl (C=O) groups excluding carboxylic acids is 1. The van der Waals surface area contributed by atoms with E-state index < -0.39 is 16.1 Å². The zero-order valence-electron chi connectivity index (χ0n) is 18.9. The molecule has 9 heteroatoms. The number of benzene rings is 1. The van der Waals surface area contributed by atoms with Crippen LogP contribution in [0.15, 0.2) is 52.1 Å². The maximum atomic E-state index is 12.6. The normalized spacial score (nSPS) is 16.8. The summed E-state index contributed by atoms with van der Waals surface area (Å²) in [5.41, 5.74) is 1.35. The summed E-state index contributed by atoms with van der Waals surface area (Å²) in [4.78, 5) is 17.5. The van der Waals surface area contributed by atoms with Crippen molar-refractivity contribution in [2.45, 2.75) is 37.1 Å². The van der Waals surface area contributed by atoms with Gasteiger partial charge in [-0.25, -0.2) is 8.42 Å². The van der Waals surface area contributed by atoms with E-state index in [1.54, 1.807) is 17.5 Å². The minimum Gasteiger partial charge on any atom is -0.355 e. The average molecular weight is 479 g/mol. The van der Waals surface area contributed by atoms with Crippen LogP contribution >= 0.6 is 11.3 Å². The van der Waals surface area contributed by atoms with Gasteiger partial charge < -0.3 is 10.2 Å². The van der Waals surface area contributed by atoms with Gasteiger partial charge in [0.05, 0.1) is 0 Å². The predicted octanol–water partition coefficient (Wildman–Crippen LogP) is 2.38. The first-order chi connectivity index (χ1) is 15.3. The molecule has 1 aliphatic heterocycles. The number of amides is 1. The molecular formula is C23H34N4O3S2. The van der Waals surface area contributed by atoms with Crippen LogP contribution in [0.25, 0.3) is 0 Å². The number of hydrogen-bond donors (Lipinski definition) is 2. The van der Waals surface area contributed by atoms with Crippen molar-refractivity contribution < 1.29 is 13.2 Å². The van der Waals surface area contributed by atoms with Crippen molar-refractivity contribution in [3.05, 3.63) is 53.4 Å². The third-order valence-electron chi connectivity index (χ3n) is 5.66. The molecule has 1 aromatic heterocycles. The minimum atomic E-state index is -3.69. The summed E-state index contributed by atoms with van der Waals surface area (Å²) in [6.07, 6.45) is 0.840. The van der Waals surface area contributed by atoms with Crippen molar-refractivity contribution in [2.75, 3.05) is 39.3 Å². The van der Waals surface area contributed by atoms with Crippen LogP contribution in [0, 0.1) is 5.92 Å². The Morgan fingerprint density at radius 2 is 1.72 bits per heavy atom. The fraction of sp³-hybridized carbons (Fsp3) is 0.522. The van der Waals surface area contributed by atoms with Gasteiger partial charge in [-0.3, -0.25) is 9.69 Å². The topological polar surface area (TPSA) is 81.7 Å². The van der Waals surface area contributed by atoms with Gasteiger partial charge in [0.1, 0.15) is 10.3 Å². The highest BCUT2D eigenvalue weighted by molar-refractivity contribution is 7.91. The van der Waals surface area contributed by atoms with Crippen LogP contribution in [0.4, 0.5) is 0 Å². The van der Waals surface area contributed by atoms with Gasteiger partial charge in [-0.2, -0.15) is 4.72 Å². The van der Waals surface area contributed by atoms with Crippen LogP contribution in [0.5, 0.6) is 0 Å². The summed E-state index contributed by atoms with van der Waals surface area (Å²) in [7, 11) is -3.69. The minimum absolute atomic E-state index is 0.151. The summed E-state index contributed by atoms with van der Waals surface area (Å²) < 4.78 is 27.8. The van der Waals surface area contributed by atoms with E-state index in [-0.39, 0.29) is 16.0 Å². The number of nitrogens with one attached hydrogen (secondary N) is 2. The number of sulfonamides is 1. The number of thiophene rings is 1. The first-order valence-electron chi connectivity index (χ1n) is 11.2. The number of nitrogens with zero attached hydrogens (tertiary/aromatic N) is 2. The maximum Gasteiger partial charge on any atom is 0.250 e. The lowest BCUT2D eigenvalue weighted by molar-refractivity contribution is -0.123. The molecule has 2 heterocycles. The first-order valence-corrected chi connectivity index (χ1v) is 13.5. The molecule has 0 radical (unpaired) electrons. The van der Waals surface area contributed by atoms with Crippen LogP contribution in [0.2, 0.25) is 0 Å². The molecule has 2 N–H and O–H groups in total. The van der Waals surface area contributed by atoms with E-state index in [1.807, 2.05) is 19.9 Å². The summed E-state index contributed by atoms with van der Waals surface area (Å²) in [5.74, 6) is -0.421. The van der Waals surface area contributed by atoms with Crippen molar-refractivity contribution in [1.82, 2.24) is 19.8 Å². The van der Waals surface area contributed by atoms with Gasteiger partial charge in [0.25, 0.3) is 10.0 Å². The zero-order chi connectivity index (χ0) is 23.0. The Bertz CT molecular complexity index is 925. The standard InChI is InChI=1S/C23H34N4O3S2/c1-19(2)22(25-32(29,30)21-10-6-17-31-21)23(28)24-11-7-12-26-13-15-27(16-14-26)18-20-8-4-3-5-9-20/h3-6,8-10,17,19,22,25H,7,11-16,18H2,1-2H3,(H,24,28)/t22-/m1/s1. The Hall–Kier alpha value is -1.78. The molecule has 1 fully saturated rings. The van der Waals surface area contributed by atoms with Gasteiger partial charge in [-0.05, 0) is 35.9 Å². The maximum absolute atomic E-state index is 12.6. The molecule has 1 aliphatic rings. The molecule has 1 aromatic carbocycles. The highest BCUT2D eigenvalue weighted by Crippen LogP contribution is 2.17. The Kier molecular flexibility index (Phi) is 9.24. The van der Waals surface area contributed by atoms with Crippen LogP contribution in [-0.4, -0.2) is 69.4 Å². The Labute approximate surface area is 195 Å². The summed E-state index contributed by atoms with van der Waals surface area (Å²) >= 11 is 1.14. The van der Waals surface area contributed by atoms with E-state index in [9.17, 15) is 13.2 Å². The zero-order valence-corrected chi connectivity index (χ0v) is 20.5. The lowest BCUT2D eigenvalue weighted by Crippen LogP contribution is -2.50. The van der Waals surface area contributed by atoms with Crippen LogP contribution in [0.3, 0.4) is 0 Å². The van der Waals surface area contributed by atoms with Gasteiger partial charge in [0.2, 0.25) is 5.91 Å². The fourth-order valence-electron chi connectivity index (χ4n) is 3.77. The fourth-order valence-corrected chi connectivity index (χ4v) is 6.12. The second kappa shape index (κ2) is 11.9. The molecule has 0 bridgehead atoms. The van der Waals surface area contributed by atoms with Crippen molar-refractivity contribution >= 4 is 27.3 Å². The average Bonchev–Trinajstić information content (AvgIpc) is 3.33. The summed E-state index contributed by atoms with van der Waals surface area (Å²) in [6.45, 7) is 10.3. The monoisotopic (exact) mass is 478 g/mol. The van der Waals surface area contributed by atoms with Crippen molar-refractivity contribution in [3.63, 3.8) is 0 Å². The summed E-state index contributed by atoms with van der Waals surface area (Å²) in [5, 5.41) is 4.62. The molecule has 7 nitrogen and oxygen atoms in total. The molecule has 1 amide bonds. The third kappa shape index (κ3) is 7.38. The Morgan fingerprint density at radius 3 is 2.34 bits per heavy atom. The van der Waals surface area contributed by atoms with E-state index in [0.717, 1.165) is 57.0 Å². The van der Waals surface area contributed by atoms with Crippen molar-refractivity contribution in [1.29, 1.82) is 0 Å². The molecule has 0 unspecified atom stereocenters. The van der Waals surface area contributed by atoms with Gasteiger partial charge >= 0.3 is 0 Å². The van der Waals surface area contributed by atoms with E-state index in [4.69, 9.17) is 0 Å². The number of rotatable bonds is 11. The third-order valence-corrected chi connectivity index (χ3v) is 8.49. The molecule has 0 spiro atoms. The van der Waals surface area contributed by atoms with Gasteiger partial charge in [0, 0.05) is 39.3 Å². The second-order valence-corrected chi connectivity index (χ2v) is 11.4. The SMILES string of the molecule is CC(C)[C@@H](NS(=O)(=O)c1cccs1)C(=O)NCCCN1CCN(Cc2ccccc2)CC1. The molecule has 2 aromatic rings. The first kappa shape index (κ1) is 24.9. The lowest BCUT2D eigenvalue weighted by Gasteiger charge is -2.34. The van der Waals surface area contributed by atoms with Crippen molar-refractivity contribution in [2.24, 2.45) is 5.92 Å². The molecule has 1 saturated heterocycles. The van der Waals surface area contributed by atoms with Crippen molar-refractivity contribution in [3.8, 4) is 0 Å². The molecule has 1 atom stereocenters.